The highest BCUT2D eigenvalue weighted by atomic mass is 79.9. The van der Waals surface area contributed by atoms with E-state index in [0.717, 1.165) is 10.9 Å². The fourth-order valence-corrected chi connectivity index (χ4v) is 1.89. The van der Waals surface area contributed by atoms with E-state index < -0.39 is 0 Å². The van der Waals surface area contributed by atoms with Crippen LogP contribution in [0.15, 0.2) is 22.7 Å². The number of carbonyl (C=O) groups is 1. The Morgan fingerprint density at radius 2 is 2.25 bits per heavy atom. The summed E-state index contributed by atoms with van der Waals surface area (Å²) in [5.41, 5.74) is 5.98. The van der Waals surface area contributed by atoms with Gasteiger partial charge in [-0.2, -0.15) is 0 Å². The van der Waals surface area contributed by atoms with Gasteiger partial charge in [0.15, 0.2) is 0 Å². The number of carbonyl (C=O) groups excluding carboxylic acids is 1. The van der Waals surface area contributed by atoms with Gasteiger partial charge in [0.2, 0.25) is 0 Å². The van der Waals surface area contributed by atoms with Crippen LogP contribution in [0.25, 0.3) is 0 Å². The molecule has 0 fully saturated rings. The highest BCUT2D eigenvalue weighted by Crippen LogP contribution is 2.22. The van der Waals surface area contributed by atoms with Crippen LogP contribution < -0.4 is 5.73 Å². The van der Waals surface area contributed by atoms with E-state index >= 15 is 0 Å². The van der Waals surface area contributed by atoms with Gasteiger partial charge in [-0.15, -0.1) is 0 Å². The molecule has 0 atom stereocenters. The molecule has 0 bridgehead atoms. The number of rotatable bonds is 4. The Labute approximate surface area is 109 Å². The van der Waals surface area contributed by atoms with Crippen molar-refractivity contribution < 1.29 is 4.79 Å². The van der Waals surface area contributed by atoms with E-state index in [1.54, 1.807) is 30.1 Å². The molecule has 0 saturated carbocycles. The Bertz CT molecular complexity index is 384. The number of benzene rings is 1. The molecular weight excluding hydrogens is 291 g/mol. The molecule has 1 aromatic carbocycles. The highest BCUT2D eigenvalue weighted by Gasteiger charge is 2.14. The van der Waals surface area contributed by atoms with Crippen LogP contribution >= 0.6 is 27.5 Å². The number of nitrogens with zero attached hydrogens (tertiary/aromatic N) is 1. The Morgan fingerprint density at radius 1 is 1.56 bits per heavy atom. The SMILES string of the molecule is CN(CCCN)C(=O)c1cc(Cl)ccc1Br. The molecule has 1 amide bonds. The standard InChI is InChI=1S/C11H14BrClN2O/c1-15(6-2-5-14)11(16)9-7-8(13)3-4-10(9)12/h3-4,7H,2,5-6,14H2,1H3. The maximum Gasteiger partial charge on any atom is 0.254 e. The number of amides is 1. The molecule has 0 unspecified atom stereocenters. The predicted octanol–water partition coefficient (Wildman–Crippen LogP) is 2.52. The smallest absolute Gasteiger partial charge is 0.254 e. The van der Waals surface area contributed by atoms with Crippen LogP contribution in [-0.4, -0.2) is 30.9 Å². The predicted molar refractivity (Wildman–Crippen MR) is 69.8 cm³/mol. The minimum absolute atomic E-state index is 0.0529. The molecule has 0 spiro atoms. The van der Waals surface area contributed by atoms with Gasteiger partial charge in [-0.1, -0.05) is 11.6 Å². The first kappa shape index (κ1) is 13.5. The van der Waals surface area contributed by atoms with Gasteiger partial charge in [0.25, 0.3) is 5.91 Å². The number of nitrogens with two attached hydrogens (primary N) is 1. The molecule has 0 saturated heterocycles. The van der Waals surface area contributed by atoms with E-state index in [1.165, 1.54) is 0 Å². The van der Waals surface area contributed by atoms with Crippen LogP contribution in [0.5, 0.6) is 0 Å². The van der Waals surface area contributed by atoms with E-state index in [-0.39, 0.29) is 5.91 Å². The lowest BCUT2D eigenvalue weighted by Crippen LogP contribution is -2.29. The molecule has 0 aromatic heterocycles. The maximum absolute atomic E-state index is 12.0. The molecule has 2 N–H and O–H groups in total. The van der Waals surface area contributed by atoms with Crippen LogP contribution in [-0.2, 0) is 0 Å². The Hall–Kier alpha value is -0.580. The molecule has 0 aliphatic rings. The highest BCUT2D eigenvalue weighted by molar-refractivity contribution is 9.10. The number of halogens is 2. The van der Waals surface area contributed by atoms with Gasteiger partial charge in [-0.3, -0.25) is 4.79 Å². The Balaban J connectivity index is 2.83. The van der Waals surface area contributed by atoms with Gasteiger partial charge in [0.1, 0.15) is 0 Å². The zero-order valence-corrected chi connectivity index (χ0v) is 11.4. The van der Waals surface area contributed by atoms with Crippen LogP contribution in [0.1, 0.15) is 16.8 Å². The molecule has 0 radical (unpaired) electrons. The van der Waals surface area contributed by atoms with Gasteiger partial charge < -0.3 is 10.6 Å². The number of hydrogen-bond donors (Lipinski definition) is 1. The van der Waals surface area contributed by atoms with Crippen molar-refractivity contribution in [3.05, 3.63) is 33.3 Å². The van der Waals surface area contributed by atoms with E-state index in [2.05, 4.69) is 15.9 Å². The summed E-state index contributed by atoms with van der Waals surface area (Å²) in [6.07, 6.45) is 0.792. The summed E-state index contributed by atoms with van der Waals surface area (Å²) in [6.45, 7) is 1.22. The Morgan fingerprint density at radius 3 is 2.88 bits per heavy atom. The minimum atomic E-state index is -0.0529. The second kappa shape index (κ2) is 6.23. The van der Waals surface area contributed by atoms with Gasteiger partial charge in [0.05, 0.1) is 5.56 Å². The normalized spacial score (nSPS) is 10.2. The maximum atomic E-state index is 12.0. The molecule has 16 heavy (non-hydrogen) atoms. The third-order valence-electron chi connectivity index (χ3n) is 2.20. The van der Waals surface area contributed by atoms with E-state index in [0.29, 0.717) is 23.7 Å². The minimum Gasteiger partial charge on any atom is -0.342 e. The fraction of sp³-hybridized carbons (Fsp3) is 0.364. The zero-order chi connectivity index (χ0) is 12.1. The van der Waals surface area contributed by atoms with Crippen molar-refractivity contribution in [2.24, 2.45) is 5.73 Å². The third kappa shape index (κ3) is 3.47. The van der Waals surface area contributed by atoms with Crippen LogP contribution in [0.3, 0.4) is 0 Å². The van der Waals surface area contributed by atoms with E-state index in [4.69, 9.17) is 17.3 Å². The first-order chi connectivity index (χ1) is 7.56. The van der Waals surface area contributed by atoms with Crippen molar-refractivity contribution in [2.45, 2.75) is 6.42 Å². The molecule has 88 valence electrons. The van der Waals surface area contributed by atoms with Crippen molar-refractivity contribution in [1.82, 2.24) is 4.90 Å². The van der Waals surface area contributed by atoms with Crippen molar-refractivity contribution in [3.8, 4) is 0 Å². The van der Waals surface area contributed by atoms with Gasteiger partial charge in [0, 0.05) is 23.1 Å². The average molecular weight is 306 g/mol. The Kier molecular flexibility index (Phi) is 5.25. The van der Waals surface area contributed by atoms with Crippen molar-refractivity contribution in [2.75, 3.05) is 20.1 Å². The molecule has 0 heterocycles. The molecule has 5 heteroatoms. The van der Waals surface area contributed by atoms with Crippen molar-refractivity contribution in [3.63, 3.8) is 0 Å². The molecular formula is C11H14BrClN2O. The molecule has 1 rings (SSSR count). The van der Waals surface area contributed by atoms with Gasteiger partial charge in [-0.05, 0) is 47.1 Å². The monoisotopic (exact) mass is 304 g/mol. The van der Waals surface area contributed by atoms with Crippen molar-refractivity contribution in [1.29, 1.82) is 0 Å². The quantitative estimate of drug-likeness (QED) is 0.929. The van der Waals surface area contributed by atoms with Crippen LogP contribution in [0.4, 0.5) is 0 Å². The first-order valence-electron chi connectivity index (χ1n) is 4.97. The summed E-state index contributed by atoms with van der Waals surface area (Å²) < 4.78 is 0.751. The molecule has 1 aromatic rings. The summed E-state index contributed by atoms with van der Waals surface area (Å²) in [5, 5.41) is 0.554. The second-order valence-corrected chi connectivity index (χ2v) is 4.78. The van der Waals surface area contributed by atoms with Crippen molar-refractivity contribution >= 4 is 33.4 Å². The topological polar surface area (TPSA) is 46.3 Å². The first-order valence-corrected chi connectivity index (χ1v) is 6.14. The summed E-state index contributed by atoms with van der Waals surface area (Å²) >= 11 is 9.20. The van der Waals surface area contributed by atoms with Gasteiger partial charge >= 0.3 is 0 Å². The van der Waals surface area contributed by atoms with Crippen LogP contribution in [0.2, 0.25) is 5.02 Å². The van der Waals surface area contributed by atoms with Crippen LogP contribution in [0, 0.1) is 0 Å². The third-order valence-corrected chi connectivity index (χ3v) is 3.13. The lowest BCUT2D eigenvalue weighted by Gasteiger charge is -2.17. The van der Waals surface area contributed by atoms with Gasteiger partial charge in [-0.25, -0.2) is 0 Å². The fourth-order valence-electron chi connectivity index (χ4n) is 1.30. The van der Waals surface area contributed by atoms with E-state index in [1.807, 2.05) is 0 Å². The summed E-state index contributed by atoms with van der Waals surface area (Å²) in [5.74, 6) is -0.0529. The second-order valence-electron chi connectivity index (χ2n) is 3.49. The summed E-state index contributed by atoms with van der Waals surface area (Å²) in [7, 11) is 1.76. The molecule has 0 aliphatic carbocycles. The zero-order valence-electron chi connectivity index (χ0n) is 9.04. The van der Waals surface area contributed by atoms with E-state index in [9.17, 15) is 4.79 Å². The molecule has 3 nitrogen and oxygen atoms in total. The average Bonchev–Trinajstić information content (AvgIpc) is 2.28. The summed E-state index contributed by atoms with van der Waals surface area (Å²) in [4.78, 5) is 13.7. The lowest BCUT2D eigenvalue weighted by molar-refractivity contribution is 0.0793. The summed E-state index contributed by atoms with van der Waals surface area (Å²) in [6, 6.07) is 5.17. The number of hydrogen-bond acceptors (Lipinski definition) is 2. The largest absolute Gasteiger partial charge is 0.342 e. The molecule has 0 aliphatic heterocycles. The lowest BCUT2D eigenvalue weighted by atomic mass is 10.2.